The Kier molecular flexibility index (Phi) is 5.22. The lowest BCUT2D eigenvalue weighted by Crippen LogP contribution is -2.09. The third-order valence-corrected chi connectivity index (χ3v) is 1.76. The van der Waals surface area contributed by atoms with Gasteiger partial charge < -0.3 is 0 Å². The summed E-state index contributed by atoms with van der Waals surface area (Å²) >= 11 is 5.50. The van der Waals surface area contributed by atoms with Crippen molar-refractivity contribution >= 4 is 17.4 Å². The van der Waals surface area contributed by atoms with Gasteiger partial charge in [0.15, 0.2) is 5.78 Å². The van der Waals surface area contributed by atoms with E-state index in [1.54, 1.807) is 0 Å². The van der Waals surface area contributed by atoms with Gasteiger partial charge in [-0.2, -0.15) is 0 Å². The molecule has 0 N–H and O–H groups in total. The zero-order valence-corrected chi connectivity index (χ0v) is 8.11. The maximum absolute atomic E-state index is 11.3. The fraction of sp³-hybridized carbons (Fsp3) is 0.667. The smallest absolute Gasteiger partial charge is 0.162 e. The van der Waals surface area contributed by atoms with E-state index in [1.165, 1.54) is 5.54 Å². The zero-order chi connectivity index (χ0) is 8.85. The van der Waals surface area contributed by atoms with Crippen LogP contribution in [0.4, 0.5) is 0 Å². The molecule has 1 nitrogen and oxygen atoms in total. The highest BCUT2D eigenvalue weighted by atomic mass is 35.5. The number of Topliss-reactive ketones (excluding diaryl/α,β-unsaturated/α-hetero) is 1. The molecule has 0 aromatic heterocycles. The monoisotopic (exact) mass is 174 g/mol. The Labute approximate surface area is 73.4 Å². The van der Waals surface area contributed by atoms with Crippen LogP contribution in [-0.4, -0.2) is 5.78 Å². The van der Waals surface area contributed by atoms with Gasteiger partial charge in [0.05, 0.1) is 0 Å². The van der Waals surface area contributed by atoms with Crippen molar-refractivity contribution < 1.29 is 4.79 Å². The number of halogens is 1. The summed E-state index contributed by atoms with van der Waals surface area (Å²) in [5, 5.41) is 0. The van der Waals surface area contributed by atoms with Crippen LogP contribution in [-0.2, 0) is 4.79 Å². The van der Waals surface area contributed by atoms with E-state index in [-0.39, 0.29) is 11.7 Å². The van der Waals surface area contributed by atoms with Gasteiger partial charge in [-0.3, -0.25) is 4.79 Å². The largest absolute Gasteiger partial charge is 0.294 e. The minimum atomic E-state index is 0.0616. The van der Waals surface area contributed by atoms with E-state index in [9.17, 15) is 4.79 Å². The number of hydrogen-bond acceptors (Lipinski definition) is 1. The van der Waals surface area contributed by atoms with Crippen LogP contribution in [0.5, 0.6) is 0 Å². The summed E-state index contributed by atoms with van der Waals surface area (Å²) in [5.41, 5.74) is 2.16. The van der Waals surface area contributed by atoms with E-state index >= 15 is 0 Å². The fourth-order valence-corrected chi connectivity index (χ4v) is 1.09. The lowest BCUT2D eigenvalue weighted by molar-refractivity contribution is -0.118. The second-order valence-electron chi connectivity index (χ2n) is 2.90. The highest BCUT2D eigenvalue weighted by Gasteiger charge is 2.11. The third kappa shape index (κ3) is 3.57. The molecule has 11 heavy (non-hydrogen) atoms. The van der Waals surface area contributed by atoms with E-state index in [0.29, 0.717) is 0 Å². The standard InChI is InChI=1S/C9H15ClO/c1-4-5-8(6-10)9(11)7(2)3/h6-7H,4-5H2,1-3H3/b8-6+. The first-order valence-corrected chi connectivity index (χ1v) is 4.40. The van der Waals surface area contributed by atoms with Crippen LogP contribution in [0.1, 0.15) is 33.6 Å². The molecular formula is C9H15ClO. The summed E-state index contributed by atoms with van der Waals surface area (Å²) in [6.07, 6.45) is 1.76. The number of carbonyl (C=O) groups is 1. The van der Waals surface area contributed by atoms with Gasteiger partial charge in [-0.15, -0.1) is 0 Å². The fourth-order valence-electron chi connectivity index (χ4n) is 0.872. The third-order valence-electron chi connectivity index (χ3n) is 1.49. The van der Waals surface area contributed by atoms with Gasteiger partial charge in [-0.1, -0.05) is 38.8 Å². The van der Waals surface area contributed by atoms with Crippen molar-refractivity contribution in [2.24, 2.45) is 5.92 Å². The highest BCUT2D eigenvalue weighted by molar-refractivity contribution is 6.27. The Morgan fingerprint density at radius 1 is 1.55 bits per heavy atom. The van der Waals surface area contributed by atoms with E-state index in [0.717, 1.165) is 18.4 Å². The maximum atomic E-state index is 11.3. The van der Waals surface area contributed by atoms with Crippen molar-refractivity contribution in [2.45, 2.75) is 33.6 Å². The summed E-state index contributed by atoms with van der Waals surface area (Å²) in [6.45, 7) is 5.81. The second kappa shape index (κ2) is 5.36. The highest BCUT2D eigenvalue weighted by Crippen LogP contribution is 2.12. The van der Waals surface area contributed by atoms with Crippen molar-refractivity contribution in [3.8, 4) is 0 Å². The molecule has 0 saturated carbocycles. The molecule has 0 bridgehead atoms. The van der Waals surface area contributed by atoms with Crippen LogP contribution in [0.25, 0.3) is 0 Å². The minimum absolute atomic E-state index is 0.0616. The topological polar surface area (TPSA) is 17.1 Å². The van der Waals surface area contributed by atoms with Gasteiger partial charge in [0.1, 0.15) is 0 Å². The number of ketones is 1. The second-order valence-corrected chi connectivity index (χ2v) is 3.12. The zero-order valence-electron chi connectivity index (χ0n) is 7.36. The normalized spacial score (nSPS) is 12.3. The molecule has 0 heterocycles. The first-order valence-electron chi connectivity index (χ1n) is 3.97. The van der Waals surface area contributed by atoms with Gasteiger partial charge in [0, 0.05) is 17.0 Å². The lowest BCUT2D eigenvalue weighted by atomic mass is 9.99. The van der Waals surface area contributed by atoms with Crippen LogP contribution in [0.15, 0.2) is 11.1 Å². The molecule has 0 atom stereocenters. The van der Waals surface area contributed by atoms with Crippen LogP contribution in [0.2, 0.25) is 0 Å². The molecule has 2 heteroatoms. The lowest BCUT2D eigenvalue weighted by Gasteiger charge is -2.05. The molecule has 0 aromatic carbocycles. The first-order chi connectivity index (χ1) is 5.13. The Balaban J connectivity index is 4.16. The predicted molar refractivity (Wildman–Crippen MR) is 48.7 cm³/mol. The Hall–Kier alpha value is -0.300. The summed E-state index contributed by atoms with van der Waals surface area (Å²) in [7, 11) is 0. The van der Waals surface area contributed by atoms with E-state index in [1.807, 2.05) is 20.8 Å². The molecule has 64 valence electrons. The quantitative estimate of drug-likeness (QED) is 0.599. The van der Waals surface area contributed by atoms with E-state index < -0.39 is 0 Å². The van der Waals surface area contributed by atoms with Crippen molar-refractivity contribution in [3.63, 3.8) is 0 Å². The number of rotatable bonds is 4. The Bertz CT molecular complexity index is 159. The van der Waals surface area contributed by atoms with Crippen molar-refractivity contribution in [1.29, 1.82) is 0 Å². The van der Waals surface area contributed by atoms with Gasteiger partial charge in [-0.05, 0) is 6.42 Å². The molecular weight excluding hydrogens is 160 g/mol. The summed E-state index contributed by atoms with van der Waals surface area (Å²) < 4.78 is 0. The average molecular weight is 175 g/mol. The van der Waals surface area contributed by atoms with E-state index in [4.69, 9.17) is 11.6 Å². The van der Waals surface area contributed by atoms with Crippen molar-refractivity contribution in [2.75, 3.05) is 0 Å². The summed E-state index contributed by atoms with van der Waals surface area (Å²) in [4.78, 5) is 11.3. The van der Waals surface area contributed by atoms with E-state index in [2.05, 4.69) is 0 Å². The summed E-state index contributed by atoms with van der Waals surface area (Å²) in [6, 6.07) is 0. The molecule has 0 aromatic rings. The first kappa shape index (κ1) is 10.7. The Morgan fingerprint density at radius 2 is 2.09 bits per heavy atom. The Morgan fingerprint density at radius 3 is 2.36 bits per heavy atom. The molecule has 0 fully saturated rings. The molecule has 0 aliphatic carbocycles. The van der Waals surface area contributed by atoms with Gasteiger partial charge in [0.25, 0.3) is 0 Å². The molecule has 0 amide bonds. The van der Waals surface area contributed by atoms with Gasteiger partial charge in [-0.25, -0.2) is 0 Å². The van der Waals surface area contributed by atoms with Crippen molar-refractivity contribution in [1.82, 2.24) is 0 Å². The minimum Gasteiger partial charge on any atom is -0.294 e. The number of allylic oxidation sites excluding steroid dienone is 1. The molecule has 0 unspecified atom stereocenters. The molecule has 0 rings (SSSR count). The van der Waals surface area contributed by atoms with Crippen molar-refractivity contribution in [3.05, 3.63) is 11.1 Å². The maximum Gasteiger partial charge on any atom is 0.162 e. The van der Waals surface area contributed by atoms with Crippen LogP contribution in [0, 0.1) is 5.92 Å². The molecule has 0 aliphatic rings. The van der Waals surface area contributed by atoms with Crippen LogP contribution in [0.3, 0.4) is 0 Å². The molecule has 0 saturated heterocycles. The van der Waals surface area contributed by atoms with Crippen LogP contribution >= 0.6 is 11.6 Å². The molecule has 0 aliphatic heterocycles. The number of carbonyl (C=O) groups excluding carboxylic acids is 1. The summed E-state index contributed by atoms with van der Waals surface area (Å²) in [5.74, 6) is 0.230. The average Bonchev–Trinajstić information content (AvgIpc) is 1.98. The number of hydrogen-bond donors (Lipinski definition) is 0. The molecule has 0 radical (unpaired) electrons. The SMILES string of the molecule is CCC/C(=C\Cl)C(=O)C(C)C. The van der Waals surface area contributed by atoms with Gasteiger partial charge in [0.2, 0.25) is 0 Å². The van der Waals surface area contributed by atoms with Gasteiger partial charge >= 0.3 is 0 Å². The predicted octanol–water partition coefficient (Wildman–Crippen LogP) is 3.13. The van der Waals surface area contributed by atoms with Crippen LogP contribution < -0.4 is 0 Å². The molecule has 0 spiro atoms.